The van der Waals surface area contributed by atoms with Gasteiger partial charge in [-0.15, -0.1) is 5.10 Å². The number of carbonyl (C=O) groups excluding carboxylic acids is 2. The Morgan fingerprint density at radius 1 is 1.24 bits per heavy atom. The van der Waals surface area contributed by atoms with E-state index in [0.29, 0.717) is 18.0 Å². The molecular weight excluding hydrogens is 377 g/mol. The maximum absolute atomic E-state index is 13.0. The van der Waals surface area contributed by atoms with Crippen molar-refractivity contribution in [2.75, 3.05) is 18.6 Å². The SMILES string of the molecule is CN1C(=O)[C@@H](NC(=O)c2cn(Cc3ccc(F)cc3)nn2)COc2ccccc21. The summed E-state index contributed by atoms with van der Waals surface area (Å²) in [5.41, 5.74) is 1.53. The van der Waals surface area contributed by atoms with Gasteiger partial charge in [0.05, 0.1) is 18.4 Å². The number of anilines is 1. The van der Waals surface area contributed by atoms with Gasteiger partial charge in [0.25, 0.3) is 11.8 Å². The molecule has 1 atom stereocenters. The minimum Gasteiger partial charge on any atom is -0.489 e. The number of likely N-dealkylation sites (N-methyl/N-ethyl adjacent to an activating group) is 1. The lowest BCUT2D eigenvalue weighted by Crippen LogP contribution is -2.49. The third-order valence-corrected chi connectivity index (χ3v) is 4.60. The number of para-hydroxylation sites is 2. The Hall–Kier alpha value is -3.75. The summed E-state index contributed by atoms with van der Waals surface area (Å²) < 4.78 is 20.2. The smallest absolute Gasteiger partial charge is 0.274 e. The van der Waals surface area contributed by atoms with Crippen LogP contribution in [0.5, 0.6) is 5.75 Å². The molecule has 4 rings (SSSR count). The zero-order valence-electron chi connectivity index (χ0n) is 15.6. The summed E-state index contributed by atoms with van der Waals surface area (Å²) in [4.78, 5) is 26.7. The predicted octanol–water partition coefficient (Wildman–Crippen LogP) is 1.62. The summed E-state index contributed by atoms with van der Waals surface area (Å²) in [5.74, 6) is -0.571. The molecular formula is C20H18FN5O3. The van der Waals surface area contributed by atoms with Crippen LogP contribution in [0.4, 0.5) is 10.1 Å². The highest BCUT2D eigenvalue weighted by Crippen LogP contribution is 2.29. The molecule has 8 nitrogen and oxygen atoms in total. The highest BCUT2D eigenvalue weighted by Gasteiger charge is 2.31. The Bertz CT molecular complexity index is 1050. The first-order chi connectivity index (χ1) is 14.0. The number of halogens is 1. The molecule has 148 valence electrons. The monoisotopic (exact) mass is 395 g/mol. The number of hydrogen-bond acceptors (Lipinski definition) is 5. The van der Waals surface area contributed by atoms with Gasteiger partial charge in [-0.1, -0.05) is 29.5 Å². The number of hydrogen-bond donors (Lipinski definition) is 1. The van der Waals surface area contributed by atoms with Crippen molar-refractivity contribution in [1.82, 2.24) is 20.3 Å². The van der Waals surface area contributed by atoms with Crippen LogP contribution in [-0.2, 0) is 11.3 Å². The number of benzene rings is 2. The van der Waals surface area contributed by atoms with E-state index in [1.54, 1.807) is 31.3 Å². The van der Waals surface area contributed by atoms with E-state index in [4.69, 9.17) is 4.74 Å². The fourth-order valence-corrected chi connectivity index (χ4v) is 3.05. The molecule has 1 aromatic heterocycles. The highest BCUT2D eigenvalue weighted by molar-refractivity contribution is 6.02. The van der Waals surface area contributed by atoms with Gasteiger partial charge in [-0.3, -0.25) is 9.59 Å². The first kappa shape index (κ1) is 18.6. The van der Waals surface area contributed by atoms with Crippen LogP contribution in [0.3, 0.4) is 0 Å². The van der Waals surface area contributed by atoms with E-state index in [1.807, 2.05) is 12.1 Å². The molecule has 1 aliphatic rings. The lowest BCUT2D eigenvalue weighted by atomic mass is 10.2. The Kier molecular flexibility index (Phi) is 4.94. The van der Waals surface area contributed by atoms with Crippen LogP contribution in [0.25, 0.3) is 0 Å². The lowest BCUT2D eigenvalue weighted by Gasteiger charge is -2.19. The molecule has 0 spiro atoms. The van der Waals surface area contributed by atoms with Gasteiger partial charge in [-0.2, -0.15) is 0 Å². The van der Waals surface area contributed by atoms with Crippen LogP contribution in [0, 0.1) is 5.82 Å². The molecule has 0 fully saturated rings. The summed E-state index contributed by atoms with van der Waals surface area (Å²) in [5, 5.41) is 10.4. The highest BCUT2D eigenvalue weighted by atomic mass is 19.1. The van der Waals surface area contributed by atoms with E-state index in [0.717, 1.165) is 5.56 Å². The molecule has 0 saturated carbocycles. The van der Waals surface area contributed by atoms with Crippen molar-refractivity contribution in [3.8, 4) is 5.75 Å². The number of nitrogens with one attached hydrogen (secondary N) is 1. The Morgan fingerprint density at radius 2 is 2.00 bits per heavy atom. The number of ether oxygens (including phenoxy) is 1. The van der Waals surface area contributed by atoms with E-state index < -0.39 is 11.9 Å². The van der Waals surface area contributed by atoms with Crippen molar-refractivity contribution in [3.05, 3.63) is 71.8 Å². The number of aromatic nitrogens is 3. The van der Waals surface area contributed by atoms with Gasteiger partial charge in [-0.05, 0) is 29.8 Å². The number of carbonyl (C=O) groups is 2. The maximum atomic E-state index is 13.0. The molecule has 0 radical (unpaired) electrons. The van der Waals surface area contributed by atoms with Crippen molar-refractivity contribution < 1.29 is 18.7 Å². The average Bonchev–Trinajstić information content (AvgIpc) is 3.16. The van der Waals surface area contributed by atoms with E-state index >= 15 is 0 Å². The summed E-state index contributed by atoms with van der Waals surface area (Å²) >= 11 is 0. The van der Waals surface area contributed by atoms with Crippen molar-refractivity contribution >= 4 is 17.5 Å². The number of rotatable bonds is 4. The van der Waals surface area contributed by atoms with Gasteiger partial charge in [0.1, 0.15) is 24.2 Å². The molecule has 2 amide bonds. The molecule has 0 aliphatic carbocycles. The second kappa shape index (κ2) is 7.70. The minimum absolute atomic E-state index is 0.00957. The third kappa shape index (κ3) is 3.93. The minimum atomic E-state index is -0.859. The first-order valence-corrected chi connectivity index (χ1v) is 8.96. The normalized spacial score (nSPS) is 16.0. The van der Waals surface area contributed by atoms with Gasteiger partial charge in [0.15, 0.2) is 5.69 Å². The van der Waals surface area contributed by atoms with Gasteiger partial charge in [0, 0.05) is 7.05 Å². The fourth-order valence-electron chi connectivity index (χ4n) is 3.05. The second-order valence-electron chi connectivity index (χ2n) is 6.63. The summed E-state index contributed by atoms with van der Waals surface area (Å²) in [6.07, 6.45) is 1.47. The van der Waals surface area contributed by atoms with Crippen LogP contribution < -0.4 is 15.0 Å². The third-order valence-electron chi connectivity index (χ3n) is 4.60. The van der Waals surface area contributed by atoms with Gasteiger partial charge in [0.2, 0.25) is 0 Å². The molecule has 2 aromatic carbocycles. The number of amides is 2. The predicted molar refractivity (Wildman–Crippen MR) is 102 cm³/mol. The van der Waals surface area contributed by atoms with E-state index in [9.17, 15) is 14.0 Å². The molecule has 29 heavy (non-hydrogen) atoms. The van der Waals surface area contributed by atoms with Crippen molar-refractivity contribution in [2.24, 2.45) is 0 Å². The Balaban J connectivity index is 1.44. The van der Waals surface area contributed by atoms with Crippen LogP contribution in [0.1, 0.15) is 16.1 Å². The summed E-state index contributed by atoms with van der Waals surface area (Å²) in [6.45, 7) is 0.347. The molecule has 1 N–H and O–H groups in total. The van der Waals surface area contributed by atoms with Crippen LogP contribution in [0.15, 0.2) is 54.7 Å². The number of fused-ring (bicyclic) bond motifs is 1. The fraction of sp³-hybridized carbons (Fsp3) is 0.200. The van der Waals surface area contributed by atoms with Crippen LogP contribution in [-0.4, -0.2) is 46.5 Å². The van der Waals surface area contributed by atoms with Crippen molar-refractivity contribution in [3.63, 3.8) is 0 Å². The molecule has 0 saturated heterocycles. The molecule has 3 aromatic rings. The Morgan fingerprint density at radius 3 is 2.79 bits per heavy atom. The standard InChI is InChI=1S/C20H18FN5O3/c1-25-17-4-2-3-5-18(17)29-12-16(20(25)28)22-19(27)15-11-26(24-23-15)10-13-6-8-14(21)9-7-13/h2-9,11,16H,10,12H2,1H3,(H,22,27)/t16-/m0/s1. The van der Waals surface area contributed by atoms with Crippen LogP contribution in [0.2, 0.25) is 0 Å². The number of nitrogens with zero attached hydrogens (tertiary/aromatic N) is 4. The topological polar surface area (TPSA) is 89.4 Å². The lowest BCUT2D eigenvalue weighted by molar-refractivity contribution is -0.120. The zero-order valence-corrected chi connectivity index (χ0v) is 15.6. The zero-order chi connectivity index (χ0) is 20.4. The maximum Gasteiger partial charge on any atom is 0.274 e. The van der Waals surface area contributed by atoms with E-state index in [2.05, 4.69) is 15.6 Å². The van der Waals surface area contributed by atoms with Gasteiger partial charge in [-0.25, -0.2) is 9.07 Å². The van der Waals surface area contributed by atoms with E-state index in [-0.39, 0.29) is 24.0 Å². The largest absolute Gasteiger partial charge is 0.489 e. The molecule has 0 unspecified atom stereocenters. The first-order valence-electron chi connectivity index (χ1n) is 8.96. The summed E-state index contributed by atoms with van der Waals surface area (Å²) in [7, 11) is 1.63. The average molecular weight is 395 g/mol. The Labute approximate surface area is 165 Å². The molecule has 0 bridgehead atoms. The van der Waals surface area contributed by atoms with Crippen molar-refractivity contribution in [1.29, 1.82) is 0 Å². The molecule has 9 heteroatoms. The van der Waals surface area contributed by atoms with Gasteiger partial charge < -0.3 is 15.0 Å². The molecule has 2 heterocycles. The molecule has 1 aliphatic heterocycles. The quantitative estimate of drug-likeness (QED) is 0.725. The van der Waals surface area contributed by atoms with Crippen LogP contribution >= 0.6 is 0 Å². The van der Waals surface area contributed by atoms with E-state index in [1.165, 1.54) is 27.9 Å². The second-order valence-corrected chi connectivity index (χ2v) is 6.63. The van der Waals surface area contributed by atoms with Gasteiger partial charge >= 0.3 is 0 Å². The summed E-state index contributed by atoms with van der Waals surface area (Å²) in [6, 6.07) is 12.3. The van der Waals surface area contributed by atoms with Crippen molar-refractivity contribution in [2.45, 2.75) is 12.6 Å².